The summed E-state index contributed by atoms with van der Waals surface area (Å²) < 4.78 is 5.16. The number of anilines is 1. The van der Waals surface area contributed by atoms with Gasteiger partial charge in [0.1, 0.15) is 11.6 Å². The molecule has 1 fully saturated rings. The smallest absolute Gasteiger partial charge is 0.311 e. The monoisotopic (exact) mass is 265 g/mol. The van der Waals surface area contributed by atoms with Gasteiger partial charge in [-0.25, -0.2) is 0 Å². The molecule has 1 aliphatic rings. The van der Waals surface area contributed by atoms with E-state index in [0.717, 1.165) is 0 Å². The lowest BCUT2D eigenvalue weighted by molar-refractivity contribution is -0.141. The zero-order chi connectivity index (χ0) is 13.8. The van der Waals surface area contributed by atoms with Gasteiger partial charge in [-0.15, -0.1) is 0 Å². The van der Waals surface area contributed by atoms with Crippen molar-refractivity contribution in [2.45, 2.75) is 6.04 Å². The third-order valence-corrected chi connectivity index (χ3v) is 2.97. The number of nitrogens with zero attached hydrogens (tertiary/aromatic N) is 1. The second kappa shape index (κ2) is 5.66. The van der Waals surface area contributed by atoms with Crippen molar-refractivity contribution in [3.63, 3.8) is 0 Å². The fourth-order valence-electron chi connectivity index (χ4n) is 1.93. The second-order valence-corrected chi connectivity index (χ2v) is 4.24. The largest absolute Gasteiger partial charge is 0.481 e. The molecule has 0 radical (unpaired) electrons. The number of pyridine rings is 1. The van der Waals surface area contributed by atoms with E-state index in [9.17, 15) is 9.59 Å². The number of aromatic nitrogens is 1. The van der Waals surface area contributed by atoms with Gasteiger partial charge in [0.2, 0.25) is 0 Å². The first kappa shape index (κ1) is 13.3. The molecule has 0 spiro atoms. The number of carboxylic acids is 1. The van der Waals surface area contributed by atoms with E-state index in [-0.39, 0.29) is 24.2 Å². The number of amides is 1. The molecule has 2 atom stereocenters. The fourth-order valence-corrected chi connectivity index (χ4v) is 1.93. The van der Waals surface area contributed by atoms with Crippen LogP contribution in [0.4, 0.5) is 5.69 Å². The Hall–Kier alpha value is -2.15. The molecule has 1 aromatic heterocycles. The second-order valence-electron chi connectivity index (χ2n) is 4.24. The fraction of sp³-hybridized carbons (Fsp3) is 0.417. The number of carbonyl (C=O) groups is 2. The Kier molecular flexibility index (Phi) is 3.96. The van der Waals surface area contributed by atoms with Crippen LogP contribution >= 0.6 is 0 Å². The zero-order valence-corrected chi connectivity index (χ0v) is 10.4. The van der Waals surface area contributed by atoms with Crippen LogP contribution in [-0.4, -0.2) is 48.3 Å². The molecule has 1 aromatic rings. The van der Waals surface area contributed by atoms with Gasteiger partial charge >= 0.3 is 5.97 Å². The molecule has 19 heavy (non-hydrogen) atoms. The molecule has 0 bridgehead atoms. The molecule has 7 nitrogen and oxygen atoms in total. The lowest BCUT2D eigenvalue weighted by Crippen LogP contribution is -2.33. The van der Waals surface area contributed by atoms with Crippen LogP contribution in [0.5, 0.6) is 0 Å². The van der Waals surface area contributed by atoms with E-state index >= 15 is 0 Å². The van der Waals surface area contributed by atoms with Crippen molar-refractivity contribution in [3.05, 3.63) is 24.0 Å². The summed E-state index contributed by atoms with van der Waals surface area (Å²) in [5.41, 5.74) is 0.925. The predicted molar refractivity (Wildman–Crippen MR) is 67.0 cm³/mol. The summed E-state index contributed by atoms with van der Waals surface area (Å²) in [5, 5.41) is 14.6. The van der Waals surface area contributed by atoms with E-state index in [1.807, 2.05) is 0 Å². The standard InChI is InChI=1S/C12H15N3O4/c1-13-11(16)9-4-7(2-3-14-9)15-10-6-19-5-8(10)12(17)18/h2-4,8,10H,5-6H2,1H3,(H,13,16)(H,14,15)(H,17,18). The van der Waals surface area contributed by atoms with Crippen LogP contribution in [-0.2, 0) is 9.53 Å². The minimum absolute atomic E-state index is 0.195. The van der Waals surface area contributed by atoms with Crippen molar-refractivity contribution in [1.82, 2.24) is 10.3 Å². The van der Waals surface area contributed by atoms with E-state index in [2.05, 4.69) is 15.6 Å². The van der Waals surface area contributed by atoms with Crippen molar-refractivity contribution in [3.8, 4) is 0 Å². The van der Waals surface area contributed by atoms with E-state index in [0.29, 0.717) is 12.3 Å². The molecule has 0 aliphatic carbocycles. The molecular formula is C12H15N3O4. The summed E-state index contributed by atoms with van der Waals surface area (Å²) in [6.45, 7) is 0.523. The van der Waals surface area contributed by atoms with E-state index in [1.54, 1.807) is 12.1 Å². The molecule has 7 heteroatoms. The number of hydrogen-bond acceptors (Lipinski definition) is 5. The summed E-state index contributed by atoms with van der Waals surface area (Å²) >= 11 is 0. The van der Waals surface area contributed by atoms with Crippen LogP contribution in [0.3, 0.4) is 0 Å². The summed E-state index contributed by atoms with van der Waals surface area (Å²) in [7, 11) is 1.52. The van der Waals surface area contributed by atoms with Crippen LogP contribution in [0.15, 0.2) is 18.3 Å². The number of carbonyl (C=O) groups excluding carboxylic acids is 1. The topological polar surface area (TPSA) is 101 Å². The number of hydrogen-bond donors (Lipinski definition) is 3. The Morgan fingerprint density at radius 2 is 2.26 bits per heavy atom. The highest BCUT2D eigenvalue weighted by Gasteiger charge is 2.34. The van der Waals surface area contributed by atoms with Crippen molar-refractivity contribution in [2.75, 3.05) is 25.6 Å². The Morgan fingerprint density at radius 1 is 1.47 bits per heavy atom. The number of rotatable bonds is 4. The van der Waals surface area contributed by atoms with E-state index in [1.165, 1.54) is 13.2 Å². The number of ether oxygens (including phenoxy) is 1. The summed E-state index contributed by atoms with van der Waals surface area (Å²) in [4.78, 5) is 26.4. The van der Waals surface area contributed by atoms with Gasteiger partial charge in [0.15, 0.2) is 0 Å². The molecule has 1 amide bonds. The van der Waals surface area contributed by atoms with Gasteiger partial charge in [-0.3, -0.25) is 14.6 Å². The van der Waals surface area contributed by atoms with Crippen LogP contribution in [0.1, 0.15) is 10.5 Å². The van der Waals surface area contributed by atoms with Gasteiger partial charge in [0.25, 0.3) is 5.91 Å². The van der Waals surface area contributed by atoms with Gasteiger partial charge in [-0.2, -0.15) is 0 Å². The highest BCUT2D eigenvalue weighted by molar-refractivity contribution is 5.92. The van der Waals surface area contributed by atoms with Gasteiger partial charge in [0.05, 0.1) is 19.3 Å². The Labute approximate surface area is 110 Å². The van der Waals surface area contributed by atoms with Crippen molar-refractivity contribution >= 4 is 17.6 Å². The molecule has 0 saturated carbocycles. The third-order valence-electron chi connectivity index (χ3n) is 2.97. The summed E-state index contributed by atoms with van der Waals surface area (Å²) in [5.74, 6) is -1.77. The van der Waals surface area contributed by atoms with Crippen LogP contribution in [0.25, 0.3) is 0 Å². The molecule has 1 aliphatic heterocycles. The Morgan fingerprint density at radius 3 is 2.95 bits per heavy atom. The van der Waals surface area contributed by atoms with E-state index in [4.69, 9.17) is 9.84 Å². The molecule has 2 rings (SSSR count). The van der Waals surface area contributed by atoms with Gasteiger partial charge in [-0.05, 0) is 12.1 Å². The SMILES string of the molecule is CNC(=O)c1cc(NC2COCC2C(=O)O)ccn1. The number of nitrogens with one attached hydrogen (secondary N) is 2. The first-order valence-electron chi connectivity index (χ1n) is 5.87. The maximum Gasteiger partial charge on any atom is 0.311 e. The van der Waals surface area contributed by atoms with Gasteiger partial charge < -0.3 is 20.5 Å². The lowest BCUT2D eigenvalue weighted by atomic mass is 10.0. The molecule has 0 aromatic carbocycles. The highest BCUT2D eigenvalue weighted by atomic mass is 16.5. The minimum Gasteiger partial charge on any atom is -0.481 e. The van der Waals surface area contributed by atoms with Crippen molar-refractivity contribution < 1.29 is 19.4 Å². The minimum atomic E-state index is -0.893. The average molecular weight is 265 g/mol. The first-order valence-corrected chi connectivity index (χ1v) is 5.87. The average Bonchev–Trinajstić information content (AvgIpc) is 2.86. The zero-order valence-electron chi connectivity index (χ0n) is 10.4. The van der Waals surface area contributed by atoms with Crippen molar-refractivity contribution in [2.24, 2.45) is 5.92 Å². The van der Waals surface area contributed by atoms with Gasteiger partial charge in [-0.1, -0.05) is 0 Å². The Bertz CT molecular complexity index is 492. The quantitative estimate of drug-likeness (QED) is 0.706. The predicted octanol–water partition coefficient (Wildman–Crippen LogP) is -0.0473. The van der Waals surface area contributed by atoms with Crippen LogP contribution in [0.2, 0.25) is 0 Å². The Balaban J connectivity index is 2.10. The molecule has 2 unspecified atom stereocenters. The normalized spacial score (nSPS) is 21.9. The molecule has 1 saturated heterocycles. The first-order chi connectivity index (χ1) is 9.11. The van der Waals surface area contributed by atoms with Gasteiger partial charge in [0, 0.05) is 18.9 Å². The number of aliphatic carboxylic acids is 1. The molecular weight excluding hydrogens is 250 g/mol. The van der Waals surface area contributed by atoms with Crippen LogP contribution in [0, 0.1) is 5.92 Å². The summed E-state index contributed by atoms with van der Waals surface area (Å²) in [6.07, 6.45) is 1.50. The molecule has 3 N–H and O–H groups in total. The maximum atomic E-state index is 11.5. The summed E-state index contributed by atoms with van der Waals surface area (Å²) in [6, 6.07) is 2.96. The van der Waals surface area contributed by atoms with Crippen LogP contribution < -0.4 is 10.6 Å². The molecule has 2 heterocycles. The highest BCUT2D eigenvalue weighted by Crippen LogP contribution is 2.19. The lowest BCUT2D eigenvalue weighted by Gasteiger charge is -2.17. The van der Waals surface area contributed by atoms with Crippen molar-refractivity contribution in [1.29, 1.82) is 0 Å². The third kappa shape index (κ3) is 3.00. The van der Waals surface area contributed by atoms with E-state index < -0.39 is 11.9 Å². The maximum absolute atomic E-state index is 11.5. The molecule has 102 valence electrons. The number of carboxylic acid groups (broad SMARTS) is 1.